The maximum absolute atomic E-state index is 12.2. The minimum Gasteiger partial charge on any atom is -0.548 e. The van der Waals surface area contributed by atoms with Gasteiger partial charge in [0, 0.05) is 17.7 Å². The Morgan fingerprint density at radius 3 is 1.87 bits per heavy atom. The van der Waals surface area contributed by atoms with Gasteiger partial charge >= 0.3 is 11.5 Å². The summed E-state index contributed by atoms with van der Waals surface area (Å²) >= 11 is 0. The van der Waals surface area contributed by atoms with Crippen molar-refractivity contribution in [2.45, 2.75) is 142 Å². The first-order valence-electron chi connectivity index (χ1n) is 20.3. The van der Waals surface area contributed by atoms with Crippen LogP contribution in [0, 0.1) is 0 Å². The lowest BCUT2D eigenvalue weighted by Gasteiger charge is -2.30. The fourth-order valence-electron chi connectivity index (χ4n) is 6.21. The second-order valence-corrected chi connectivity index (χ2v) is 15.0. The van der Waals surface area contributed by atoms with Crippen LogP contribution in [0.15, 0.2) is 35.3 Å². The van der Waals surface area contributed by atoms with E-state index >= 15 is 0 Å². The third-order valence-corrected chi connectivity index (χ3v) is 9.58. The zero-order valence-electron chi connectivity index (χ0n) is 33.7. The maximum Gasteiger partial charge on any atom is 0.303 e. The number of anilines is 2. The molecule has 1 amide bonds. The van der Waals surface area contributed by atoms with Gasteiger partial charge in [0.25, 0.3) is 5.91 Å². The van der Waals surface area contributed by atoms with Crippen LogP contribution in [-0.4, -0.2) is 80.6 Å². The number of carbonyl (C=O) groups is 3. The molecule has 0 spiro atoms. The highest BCUT2D eigenvalue weighted by Gasteiger charge is 2.17. The number of carbonyl (C=O) groups excluding carboxylic acids is 2. The highest BCUT2D eigenvalue weighted by atomic mass is 16.4. The van der Waals surface area contributed by atoms with E-state index in [1.165, 1.54) is 139 Å². The number of aromatic nitrogens is 4. The van der Waals surface area contributed by atoms with Crippen LogP contribution in [0.5, 0.6) is 0 Å². The van der Waals surface area contributed by atoms with E-state index in [1.54, 1.807) is 12.1 Å². The number of nitrogens with one attached hydrogen (secondary N) is 3. The molecular weight excluding hydrogens is 701 g/mol. The van der Waals surface area contributed by atoms with Gasteiger partial charge in [-0.1, -0.05) is 90.9 Å². The smallest absolute Gasteiger partial charge is 0.303 e. The molecule has 0 saturated carbocycles. The average Bonchev–Trinajstić information content (AvgIpc) is 3.15. The average molecular weight is 767 g/mol. The number of nitrogens with two attached hydrogens (primary N) is 1. The van der Waals surface area contributed by atoms with Crippen molar-refractivity contribution in [3.05, 3.63) is 52.1 Å². The normalized spacial score (nSPS) is 11.8. The molecule has 1 aromatic carbocycles. The first-order chi connectivity index (χ1) is 26.3. The van der Waals surface area contributed by atoms with Crippen LogP contribution in [0.25, 0.3) is 11.2 Å². The molecule has 55 heavy (non-hydrogen) atoms. The number of unbranched alkanes of at least 4 members (excludes halogenated alkanes) is 14. The number of benzene rings is 1. The SMILES string of the molecule is CCCCCCCCCC[N+](C)(C)CCCCCCCCCC.Nc1nc(=O)c2nc(CNc3ccc(C(=O)N[C@@H](CCC(=O)O)C(=O)[O-])cc3)cnc2[nH]1. The molecule has 0 aliphatic heterocycles. The minimum atomic E-state index is -1.56. The van der Waals surface area contributed by atoms with Gasteiger partial charge in [0.2, 0.25) is 5.95 Å². The molecular formula is C41H66N8O6. The van der Waals surface area contributed by atoms with Gasteiger partial charge in [0.15, 0.2) is 11.2 Å². The first-order valence-corrected chi connectivity index (χ1v) is 20.3. The third-order valence-electron chi connectivity index (χ3n) is 9.58. The number of H-pyrrole nitrogens is 1. The Balaban J connectivity index is 0.000000404. The molecule has 14 heteroatoms. The Kier molecular flexibility index (Phi) is 22.2. The van der Waals surface area contributed by atoms with E-state index in [4.69, 9.17) is 10.8 Å². The van der Waals surface area contributed by atoms with Gasteiger partial charge in [-0.25, -0.2) is 9.97 Å². The van der Waals surface area contributed by atoms with Gasteiger partial charge in [-0.3, -0.25) is 14.4 Å². The Labute approximate surface area is 326 Å². The Morgan fingerprint density at radius 2 is 1.36 bits per heavy atom. The van der Waals surface area contributed by atoms with E-state index < -0.39 is 35.9 Å². The van der Waals surface area contributed by atoms with Gasteiger partial charge in [-0.2, -0.15) is 4.98 Å². The monoisotopic (exact) mass is 767 g/mol. The lowest BCUT2D eigenvalue weighted by molar-refractivity contribution is -0.890. The van der Waals surface area contributed by atoms with Gasteiger partial charge in [-0.05, 0) is 56.4 Å². The molecule has 14 nitrogen and oxygen atoms in total. The summed E-state index contributed by atoms with van der Waals surface area (Å²) in [6.45, 7) is 7.58. The summed E-state index contributed by atoms with van der Waals surface area (Å²) in [5, 5.41) is 25.1. The second kappa shape index (κ2) is 26.3. The molecule has 3 rings (SSSR count). The number of aromatic amines is 1. The van der Waals surface area contributed by atoms with E-state index in [1.807, 2.05) is 0 Å². The number of rotatable bonds is 27. The highest BCUT2D eigenvalue weighted by Crippen LogP contribution is 2.14. The standard InChI is InChI=1S/C22H48N.C19H19N7O6/c1-5-7-9-11-13-15-17-19-21-23(3,4)22-20-18-16-14-12-10-8-6-2;20-19-25-15-14(17(30)26-19)23-11(8-22-15)7-21-10-3-1-9(2-4-10)16(29)24-12(18(31)32)5-6-13(27)28/h5-22H2,1-4H3;1-4,8,12,21H,5-7H2,(H,24,29)(H,27,28)(H,31,32)(H3,20,22,25,26,30)/q+1;/p-1/t;12-/m.0/s1. The molecule has 2 aromatic heterocycles. The van der Waals surface area contributed by atoms with Crippen molar-refractivity contribution in [3.8, 4) is 0 Å². The molecule has 306 valence electrons. The van der Waals surface area contributed by atoms with Crippen molar-refractivity contribution in [2.24, 2.45) is 0 Å². The number of hydrogen-bond donors (Lipinski definition) is 5. The van der Waals surface area contributed by atoms with Crippen LogP contribution < -0.4 is 27.0 Å². The van der Waals surface area contributed by atoms with Gasteiger partial charge in [0.1, 0.15) is 0 Å². The molecule has 0 saturated heterocycles. The summed E-state index contributed by atoms with van der Waals surface area (Å²) < 4.78 is 1.24. The number of carboxylic acid groups (broad SMARTS) is 2. The van der Waals surface area contributed by atoms with Crippen LogP contribution in [0.1, 0.15) is 145 Å². The zero-order chi connectivity index (χ0) is 40.5. The first kappa shape index (κ1) is 46.6. The largest absolute Gasteiger partial charge is 0.548 e. The summed E-state index contributed by atoms with van der Waals surface area (Å²) in [6, 6.07) is 4.68. The Bertz CT molecular complexity index is 1610. The molecule has 0 fully saturated rings. The van der Waals surface area contributed by atoms with Crippen LogP contribution in [0.4, 0.5) is 11.6 Å². The number of nitrogens with zero attached hydrogens (tertiary/aromatic N) is 4. The van der Waals surface area contributed by atoms with E-state index in [2.05, 4.69) is 58.5 Å². The van der Waals surface area contributed by atoms with Gasteiger partial charge in [-0.15, -0.1) is 0 Å². The van der Waals surface area contributed by atoms with Gasteiger partial charge in [0.05, 0.1) is 57.6 Å². The minimum absolute atomic E-state index is 0.0518. The molecule has 1 atom stereocenters. The molecule has 0 aliphatic carbocycles. The summed E-state index contributed by atoms with van der Waals surface area (Å²) in [7, 11) is 4.87. The molecule has 3 aromatic rings. The molecule has 2 heterocycles. The van der Waals surface area contributed by atoms with Crippen molar-refractivity contribution in [1.29, 1.82) is 0 Å². The number of nitrogen functional groups attached to an aromatic ring is 1. The molecule has 0 unspecified atom stereocenters. The number of amides is 1. The van der Waals surface area contributed by atoms with E-state index in [0.717, 1.165) is 0 Å². The lowest BCUT2D eigenvalue weighted by atomic mass is 10.1. The van der Waals surface area contributed by atoms with Crippen LogP contribution in [0.2, 0.25) is 0 Å². The Hall–Kier alpha value is -4.59. The summed E-state index contributed by atoms with van der Waals surface area (Å²) in [4.78, 5) is 60.4. The lowest BCUT2D eigenvalue weighted by Crippen LogP contribution is -2.48. The number of fused-ring (bicyclic) bond motifs is 1. The predicted molar refractivity (Wildman–Crippen MR) is 216 cm³/mol. The number of quaternary nitrogens is 1. The molecule has 0 aliphatic rings. The van der Waals surface area contributed by atoms with Gasteiger partial charge < -0.3 is 40.8 Å². The topological polar surface area (TPSA) is 216 Å². The second-order valence-electron chi connectivity index (χ2n) is 15.0. The molecule has 0 bridgehead atoms. The number of hydrogen-bond acceptors (Lipinski definition) is 10. The maximum atomic E-state index is 12.2. The summed E-state index contributed by atoms with van der Waals surface area (Å²) in [5.74, 6) is -3.48. The highest BCUT2D eigenvalue weighted by molar-refractivity contribution is 5.96. The van der Waals surface area contributed by atoms with Crippen molar-refractivity contribution in [1.82, 2.24) is 25.3 Å². The van der Waals surface area contributed by atoms with Crippen LogP contribution in [-0.2, 0) is 16.1 Å². The fraction of sp³-hybridized carbons (Fsp3) is 0.634. The van der Waals surface area contributed by atoms with Crippen molar-refractivity contribution in [3.63, 3.8) is 0 Å². The van der Waals surface area contributed by atoms with Crippen molar-refractivity contribution in [2.75, 3.05) is 38.2 Å². The fourth-order valence-corrected chi connectivity index (χ4v) is 6.21. The molecule has 0 radical (unpaired) electrons. The molecule has 6 N–H and O–H groups in total. The van der Waals surface area contributed by atoms with Crippen molar-refractivity contribution < 1.29 is 29.1 Å². The van der Waals surface area contributed by atoms with E-state index in [0.29, 0.717) is 11.4 Å². The third kappa shape index (κ3) is 20.1. The summed E-state index contributed by atoms with van der Waals surface area (Å²) in [5.41, 5.74) is 6.41. The van der Waals surface area contributed by atoms with E-state index in [-0.39, 0.29) is 35.6 Å². The van der Waals surface area contributed by atoms with Crippen LogP contribution in [0.3, 0.4) is 0 Å². The number of aliphatic carboxylic acids is 2. The van der Waals surface area contributed by atoms with Crippen LogP contribution >= 0.6 is 0 Å². The quantitative estimate of drug-likeness (QED) is 0.0450. The number of carboxylic acids is 2. The summed E-state index contributed by atoms with van der Waals surface area (Å²) in [6.07, 6.45) is 23.8. The zero-order valence-corrected chi connectivity index (χ0v) is 33.7. The van der Waals surface area contributed by atoms with E-state index in [9.17, 15) is 24.3 Å². The Morgan fingerprint density at radius 1 is 0.836 bits per heavy atom. The predicted octanol–water partition coefficient (Wildman–Crippen LogP) is 5.96. The van der Waals surface area contributed by atoms with Crippen molar-refractivity contribution >= 4 is 40.6 Å².